The van der Waals surface area contributed by atoms with E-state index >= 15 is 0 Å². The molecule has 0 bridgehead atoms. The van der Waals surface area contributed by atoms with Gasteiger partial charge in [-0.25, -0.2) is 0 Å². The number of nitrogens with one attached hydrogen (secondary N) is 1. The summed E-state index contributed by atoms with van der Waals surface area (Å²) in [5, 5.41) is 6.94. The number of nitrogens with zero attached hydrogens (tertiary/aromatic N) is 2. The molecule has 0 saturated carbocycles. The maximum absolute atomic E-state index is 11.8. The van der Waals surface area contributed by atoms with Crippen LogP contribution in [0.5, 0.6) is 0 Å². The van der Waals surface area contributed by atoms with Gasteiger partial charge in [0.15, 0.2) is 0 Å². The van der Waals surface area contributed by atoms with Crippen LogP contribution in [0.4, 0.5) is 0 Å². The van der Waals surface area contributed by atoms with Gasteiger partial charge in [0, 0.05) is 22.5 Å². The van der Waals surface area contributed by atoms with E-state index in [9.17, 15) is 4.79 Å². The predicted molar refractivity (Wildman–Crippen MR) is 73.7 cm³/mol. The van der Waals surface area contributed by atoms with Gasteiger partial charge in [-0.3, -0.25) is 9.48 Å². The molecule has 17 heavy (non-hydrogen) atoms. The Kier molecular flexibility index (Phi) is 4.13. The minimum Gasteiger partial charge on any atom is -0.350 e. The molecular formula is C12H12IN3O. The molecule has 88 valence electrons. The number of carbonyl (C=O) groups excluding carboxylic acids is 1. The fraction of sp³-hybridized carbons (Fsp3) is 0.167. The average Bonchev–Trinajstić information content (AvgIpc) is 2.82. The number of hydrogen-bond acceptors (Lipinski definition) is 2. The largest absolute Gasteiger partial charge is 0.350 e. The normalized spacial score (nSPS) is 10.2. The first-order chi connectivity index (χ1) is 8.27. The monoisotopic (exact) mass is 341 g/mol. The molecule has 0 aliphatic carbocycles. The highest BCUT2D eigenvalue weighted by Crippen LogP contribution is 2.10. The lowest BCUT2D eigenvalue weighted by atomic mass is 10.2. The van der Waals surface area contributed by atoms with Crippen LogP contribution in [0.1, 0.15) is 10.4 Å². The fourth-order valence-corrected chi connectivity index (χ4v) is 2.09. The lowest BCUT2D eigenvalue weighted by molar-refractivity contribution is 0.0951. The molecule has 0 unspecified atom stereocenters. The third-order valence-corrected chi connectivity index (χ3v) is 3.24. The van der Waals surface area contributed by atoms with E-state index < -0.39 is 0 Å². The van der Waals surface area contributed by atoms with Crippen LogP contribution in [-0.4, -0.2) is 22.2 Å². The second-order valence-electron chi connectivity index (χ2n) is 3.50. The molecule has 1 aromatic heterocycles. The highest BCUT2D eigenvalue weighted by Gasteiger charge is 2.07. The Morgan fingerprint density at radius 3 is 2.88 bits per heavy atom. The van der Waals surface area contributed by atoms with Gasteiger partial charge in [0.25, 0.3) is 5.91 Å². The number of hydrogen-bond donors (Lipinski definition) is 1. The van der Waals surface area contributed by atoms with Crippen LogP contribution in [-0.2, 0) is 6.54 Å². The first kappa shape index (κ1) is 12.1. The summed E-state index contributed by atoms with van der Waals surface area (Å²) in [5.41, 5.74) is 0.716. The topological polar surface area (TPSA) is 46.9 Å². The van der Waals surface area contributed by atoms with Crippen molar-refractivity contribution in [3.05, 3.63) is 51.9 Å². The van der Waals surface area contributed by atoms with Crippen LogP contribution in [0.2, 0.25) is 0 Å². The van der Waals surface area contributed by atoms with Crippen LogP contribution >= 0.6 is 22.6 Å². The zero-order valence-corrected chi connectivity index (χ0v) is 11.3. The van der Waals surface area contributed by atoms with Crippen molar-refractivity contribution in [3.8, 4) is 0 Å². The van der Waals surface area contributed by atoms with E-state index in [1.807, 2.05) is 36.5 Å². The van der Waals surface area contributed by atoms with Gasteiger partial charge in [-0.2, -0.15) is 5.10 Å². The second-order valence-corrected chi connectivity index (χ2v) is 4.67. The van der Waals surface area contributed by atoms with E-state index in [0.29, 0.717) is 18.7 Å². The molecular weight excluding hydrogens is 329 g/mol. The summed E-state index contributed by atoms with van der Waals surface area (Å²) in [6.07, 6.45) is 3.60. The van der Waals surface area contributed by atoms with Crippen LogP contribution in [0, 0.1) is 3.57 Å². The van der Waals surface area contributed by atoms with Crippen LogP contribution < -0.4 is 5.32 Å². The summed E-state index contributed by atoms with van der Waals surface area (Å²) in [4.78, 5) is 11.8. The van der Waals surface area contributed by atoms with Crippen LogP contribution in [0.15, 0.2) is 42.7 Å². The Hall–Kier alpha value is -1.37. The summed E-state index contributed by atoms with van der Waals surface area (Å²) < 4.78 is 2.75. The lowest BCUT2D eigenvalue weighted by Gasteiger charge is -2.06. The molecule has 1 amide bonds. The van der Waals surface area contributed by atoms with Crippen molar-refractivity contribution in [2.24, 2.45) is 0 Å². The Morgan fingerprint density at radius 1 is 1.35 bits per heavy atom. The molecule has 0 aliphatic heterocycles. The van der Waals surface area contributed by atoms with E-state index in [1.54, 1.807) is 10.9 Å². The molecule has 5 heteroatoms. The Labute approximate surface area is 113 Å². The number of halogens is 1. The van der Waals surface area contributed by atoms with Gasteiger partial charge in [0.1, 0.15) is 0 Å². The number of rotatable bonds is 4. The van der Waals surface area contributed by atoms with E-state index in [4.69, 9.17) is 0 Å². The maximum Gasteiger partial charge on any atom is 0.252 e. The van der Waals surface area contributed by atoms with Crippen molar-refractivity contribution in [3.63, 3.8) is 0 Å². The quantitative estimate of drug-likeness (QED) is 0.864. The van der Waals surface area contributed by atoms with Gasteiger partial charge in [0.05, 0.1) is 12.1 Å². The van der Waals surface area contributed by atoms with Crippen molar-refractivity contribution >= 4 is 28.5 Å². The molecule has 1 aromatic carbocycles. The minimum atomic E-state index is -0.0397. The molecule has 0 spiro atoms. The zero-order valence-electron chi connectivity index (χ0n) is 9.14. The molecule has 0 fully saturated rings. The van der Waals surface area contributed by atoms with Crippen molar-refractivity contribution in [2.75, 3.05) is 6.54 Å². The summed E-state index contributed by atoms with van der Waals surface area (Å²) in [7, 11) is 0. The first-order valence-corrected chi connectivity index (χ1v) is 6.35. The highest BCUT2D eigenvalue weighted by molar-refractivity contribution is 14.1. The molecule has 2 aromatic rings. The Bertz CT molecular complexity index is 496. The number of carbonyl (C=O) groups is 1. The number of amides is 1. The molecule has 0 aliphatic rings. The van der Waals surface area contributed by atoms with Crippen molar-refractivity contribution in [1.29, 1.82) is 0 Å². The SMILES string of the molecule is O=C(NCCn1cccn1)c1ccccc1I. The third-order valence-electron chi connectivity index (χ3n) is 2.30. The molecule has 0 saturated heterocycles. The minimum absolute atomic E-state index is 0.0397. The lowest BCUT2D eigenvalue weighted by Crippen LogP contribution is -2.27. The molecule has 2 rings (SSSR count). The number of aromatic nitrogens is 2. The smallest absolute Gasteiger partial charge is 0.252 e. The second kappa shape index (κ2) is 5.81. The average molecular weight is 341 g/mol. The van der Waals surface area contributed by atoms with Gasteiger partial charge >= 0.3 is 0 Å². The van der Waals surface area contributed by atoms with Crippen molar-refractivity contribution < 1.29 is 4.79 Å². The molecule has 1 heterocycles. The van der Waals surface area contributed by atoms with Gasteiger partial charge in [0.2, 0.25) is 0 Å². The highest BCUT2D eigenvalue weighted by atomic mass is 127. The zero-order chi connectivity index (χ0) is 12.1. The van der Waals surface area contributed by atoms with E-state index in [0.717, 1.165) is 3.57 Å². The molecule has 0 radical (unpaired) electrons. The predicted octanol–water partition coefficient (Wildman–Crippen LogP) is 1.92. The summed E-state index contributed by atoms with van der Waals surface area (Å²) in [5.74, 6) is -0.0397. The Morgan fingerprint density at radius 2 is 2.18 bits per heavy atom. The van der Waals surface area contributed by atoms with E-state index in [2.05, 4.69) is 33.0 Å². The number of benzene rings is 1. The summed E-state index contributed by atoms with van der Waals surface area (Å²) in [6, 6.07) is 9.39. The molecule has 1 N–H and O–H groups in total. The first-order valence-electron chi connectivity index (χ1n) is 5.27. The third kappa shape index (κ3) is 3.29. The van der Waals surface area contributed by atoms with Crippen LogP contribution in [0.25, 0.3) is 0 Å². The van der Waals surface area contributed by atoms with Gasteiger partial charge in [-0.1, -0.05) is 12.1 Å². The Balaban J connectivity index is 1.88. The maximum atomic E-state index is 11.8. The van der Waals surface area contributed by atoms with Crippen LogP contribution in [0.3, 0.4) is 0 Å². The van der Waals surface area contributed by atoms with Crippen molar-refractivity contribution in [2.45, 2.75) is 6.54 Å². The standard InChI is InChI=1S/C12H12IN3O/c13-11-5-2-1-4-10(11)12(17)14-7-9-16-8-3-6-15-16/h1-6,8H,7,9H2,(H,14,17). The van der Waals surface area contributed by atoms with Gasteiger partial charge in [-0.15, -0.1) is 0 Å². The van der Waals surface area contributed by atoms with E-state index in [-0.39, 0.29) is 5.91 Å². The molecule has 4 nitrogen and oxygen atoms in total. The van der Waals surface area contributed by atoms with Gasteiger partial charge < -0.3 is 5.32 Å². The molecule has 0 atom stereocenters. The van der Waals surface area contributed by atoms with Crippen molar-refractivity contribution in [1.82, 2.24) is 15.1 Å². The van der Waals surface area contributed by atoms with Gasteiger partial charge in [-0.05, 0) is 40.8 Å². The van der Waals surface area contributed by atoms with E-state index in [1.165, 1.54) is 0 Å². The summed E-state index contributed by atoms with van der Waals surface area (Å²) >= 11 is 2.16. The summed E-state index contributed by atoms with van der Waals surface area (Å²) in [6.45, 7) is 1.26. The fourth-order valence-electron chi connectivity index (χ4n) is 1.46.